The number of esters is 1. The normalized spacial score (nSPS) is 11.7. The van der Waals surface area contributed by atoms with Crippen molar-refractivity contribution in [3.8, 4) is 28.7 Å². The van der Waals surface area contributed by atoms with E-state index < -0.39 is 17.4 Å². The average molecular weight is 484 g/mol. The van der Waals surface area contributed by atoms with Crippen molar-refractivity contribution in [2.45, 2.75) is 32.2 Å². The summed E-state index contributed by atoms with van der Waals surface area (Å²) in [5, 5.41) is 30.6. The second kappa shape index (κ2) is 10.9. The van der Waals surface area contributed by atoms with Gasteiger partial charge in [0, 0.05) is 18.2 Å². The number of phenols is 2. The van der Waals surface area contributed by atoms with Crippen LogP contribution in [0.15, 0.2) is 47.3 Å². The van der Waals surface area contributed by atoms with Gasteiger partial charge in [-0.1, -0.05) is 12.1 Å². The highest BCUT2D eigenvalue weighted by Gasteiger charge is 2.28. The SMILES string of the molecule is COC(=O)CC(c1cc(OC)c(O)c(OC)c1)c1c(O)cc(C)n(CCc2ccc(O)cc2)c1=O. The lowest BCUT2D eigenvalue weighted by Gasteiger charge is -2.22. The predicted octanol–water partition coefficient (Wildman–Crippen LogP) is 3.23. The number of phenolic OH excluding ortho intramolecular Hbond substituents is 2. The number of hydrogen-bond donors (Lipinski definition) is 3. The molecule has 35 heavy (non-hydrogen) atoms. The number of aromatic hydroxyl groups is 3. The zero-order valence-electron chi connectivity index (χ0n) is 20.1. The first-order chi connectivity index (χ1) is 16.7. The van der Waals surface area contributed by atoms with Crippen molar-refractivity contribution < 1.29 is 34.3 Å². The summed E-state index contributed by atoms with van der Waals surface area (Å²) in [7, 11) is 3.98. The molecule has 0 amide bonds. The van der Waals surface area contributed by atoms with Crippen LogP contribution in [-0.4, -0.2) is 47.2 Å². The molecule has 2 aromatic carbocycles. The fourth-order valence-corrected chi connectivity index (χ4v) is 4.03. The number of rotatable bonds is 9. The van der Waals surface area contributed by atoms with Crippen LogP contribution in [0.1, 0.15) is 34.7 Å². The van der Waals surface area contributed by atoms with Crippen LogP contribution in [0.5, 0.6) is 28.7 Å². The Morgan fingerprint density at radius 2 is 1.57 bits per heavy atom. The predicted molar refractivity (Wildman–Crippen MR) is 129 cm³/mol. The standard InChI is InChI=1S/C26H29NO8/c1-15-11-20(29)24(26(32)27(15)10-9-16-5-7-18(28)8-6-16)19(14-23(30)35-4)17-12-21(33-2)25(31)22(13-17)34-3/h5-8,11-13,19,28-29,31H,9-10,14H2,1-4H3. The number of hydrogen-bond acceptors (Lipinski definition) is 8. The summed E-state index contributed by atoms with van der Waals surface area (Å²) in [4.78, 5) is 26.0. The molecule has 3 N–H and O–H groups in total. The topological polar surface area (TPSA) is 127 Å². The van der Waals surface area contributed by atoms with Crippen LogP contribution in [0.2, 0.25) is 0 Å². The molecule has 1 heterocycles. The summed E-state index contributed by atoms with van der Waals surface area (Å²) in [6, 6.07) is 11.2. The van der Waals surface area contributed by atoms with E-state index in [0.717, 1.165) is 5.56 Å². The highest BCUT2D eigenvalue weighted by molar-refractivity contribution is 5.72. The molecule has 3 rings (SSSR count). The molecule has 0 saturated heterocycles. The van der Waals surface area contributed by atoms with Crippen molar-refractivity contribution in [3.05, 3.63) is 75.2 Å². The Morgan fingerprint density at radius 3 is 2.11 bits per heavy atom. The number of ether oxygens (including phenoxy) is 3. The van der Waals surface area contributed by atoms with Gasteiger partial charge < -0.3 is 34.1 Å². The molecule has 0 spiro atoms. The van der Waals surface area contributed by atoms with Gasteiger partial charge in [0.2, 0.25) is 5.75 Å². The summed E-state index contributed by atoms with van der Waals surface area (Å²) in [6.07, 6.45) is 0.269. The molecule has 0 aliphatic rings. The van der Waals surface area contributed by atoms with E-state index in [4.69, 9.17) is 14.2 Å². The first-order valence-electron chi connectivity index (χ1n) is 10.9. The van der Waals surface area contributed by atoms with E-state index in [0.29, 0.717) is 24.2 Å². The molecule has 0 aliphatic carbocycles. The second-order valence-electron chi connectivity index (χ2n) is 8.06. The van der Waals surface area contributed by atoms with Crippen molar-refractivity contribution in [1.29, 1.82) is 0 Å². The third-order valence-electron chi connectivity index (χ3n) is 5.93. The summed E-state index contributed by atoms with van der Waals surface area (Å²) < 4.78 is 16.8. The fourth-order valence-electron chi connectivity index (χ4n) is 4.03. The monoisotopic (exact) mass is 483 g/mol. The molecule has 9 heteroatoms. The van der Waals surface area contributed by atoms with Crippen molar-refractivity contribution in [2.75, 3.05) is 21.3 Å². The number of carbonyl (C=O) groups excluding carboxylic acids is 1. The number of nitrogens with zero attached hydrogens (tertiary/aromatic N) is 1. The van der Waals surface area contributed by atoms with E-state index in [2.05, 4.69) is 0 Å². The number of aryl methyl sites for hydroxylation is 2. The van der Waals surface area contributed by atoms with Crippen LogP contribution < -0.4 is 15.0 Å². The molecule has 1 unspecified atom stereocenters. The lowest BCUT2D eigenvalue weighted by molar-refractivity contribution is -0.140. The van der Waals surface area contributed by atoms with Crippen LogP contribution in [0.4, 0.5) is 0 Å². The molecule has 0 aliphatic heterocycles. The van der Waals surface area contributed by atoms with Gasteiger partial charge in [-0.2, -0.15) is 0 Å². The number of pyridine rings is 1. The zero-order valence-corrected chi connectivity index (χ0v) is 20.1. The first-order valence-corrected chi connectivity index (χ1v) is 10.9. The summed E-state index contributed by atoms with van der Waals surface area (Å²) in [5.74, 6) is -1.64. The molecule has 9 nitrogen and oxygen atoms in total. The summed E-state index contributed by atoms with van der Waals surface area (Å²) >= 11 is 0. The minimum absolute atomic E-state index is 0.0153. The molecular formula is C26H29NO8. The Balaban J connectivity index is 2.13. The largest absolute Gasteiger partial charge is 0.508 e. The molecular weight excluding hydrogens is 454 g/mol. The zero-order chi connectivity index (χ0) is 25.7. The molecule has 0 fully saturated rings. The van der Waals surface area contributed by atoms with Gasteiger partial charge >= 0.3 is 5.97 Å². The van der Waals surface area contributed by atoms with Gasteiger partial charge in [0.05, 0.1) is 33.3 Å². The van der Waals surface area contributed by atoms with Gasteiger partial charge in [-0.25, -0.2) is 0 Å². The van der Waals surface area contributed by atoms with Crippen molar-refractivity contribution in [3.63, 3.8) is 0 Å². The first kappa shape index (κ1) is 25.5. The van der Waals surface area contributed by atoms with Gasteiger partial charge in [0.25, 0.3) is 5.56 Å². The van der Waals surface area contributed by atoms with E-state index in [1.165, 1.54) is 44.1 Å². The maximum atomic E-state index is 13.6. The number of carbonyl (C=O) groups is 1. The molecule has 1 atom stereocenters. The van der Waals surface area contributed by atoms with Crippen LogP contribution in [0.25, 0.3) is 0 Å². The van der Waals surface area contributed by atoms with Crippen LogP contribution in [0, 0.1) is 6.92 Å². The smallest absolute Gasteiger partial charge is 0.306 e. The second-order valence-corrected chi connectivity index (χ2v) is 8.06. The van der Waals surface area contributed by atoms with Crippen LogP contribution in [0.3, 0.4) is 0 Å². The molecule has 0 saturated carbocycles. The highest BCUT2D eigenvalue weighted by Crippen LogP contribution is 2.42. The maximum Gasteiger partial charge on any atom is 0.306 e. The van der Waals surface area contributed by atoms with Crippen molar-refractivity contribution >= 4 is 5.97 Å². The van der Waals surface area contributed by atoms with E-state index in [9.17, 15) is 24.9 Å². The minimum Gasteiger partial charge on any atom is -0.508 e. The van der Waals surface area contributed by atoms with E-state index >= 15 is 0 Å². The van der Waals surface area contributed by atoms with Crippen molar-refractivity contribution in [2.24, 2.45) is 0 Å². The Bertz CT molecular complexity index is 1240. The fraction of sp³-hybridized carbons (Fsp3) is 0.308. The van der Waals surface area contributed by atoms with Gasteiger partial charge in [0.1, 0.15) is 11.5 Å². The average Bonchev–Trinajstić information content (AvgIpc) is 2.84. The molecule has 186 valence electrons. The Labute approximate surface area is 202 Å². The van der Waals surface area contributed by atoms with E-state index in [-0.39, 0.29) is 40.7 Å². The number of benzene rings is 2. The minimum atomic E-state index is -0.904. The van der Waals surface area contributed by atoms with Crippen LogP contribution >= 0.6 is 0 Å². The van der Waals surface area contributed by atoms with Crippen LogP contribution in [-0.2, 0) is 22.5 Å². The quantitative estimate of drug-likeness (QED) is 0.396. The third-order valence-corrected chi connectivity index (χ3v) is 5.93. The highest BCUT2D eigenvalue weighted by atomic mass is 16.5. The Hall–Kier alpha value is -4.14. The summed E-state index contributed by atoms with van der Waals surface area (Å²) in [6.45, 7) is 2.03. The molecule has 0 radical (unpaired) electrons. The van der Waals surface area contributed by atoms with E-state index in [1.807, 2.05) is 0 Å². The third kappa shape index (κ3) is 5.51. The molecule has 3 aromatic rings. The van der Waals surface area contributed by atoms with Crippen molar-refractivity contribution in [1.82, 2.24) is 4.57 Å². The van der Waals surface area contributed by atoms with Gasteiger partial charge in [0.15, 0.2) is 11.5 Å². The van der Waals surface area contributed by atoms with Gasteiger partial charge in [-0.15, -0.1) is 0 Å². The maximum absolute atomic E-state index is 13.6. The van der Waals surface area contributed by atoms with E-state index in [1.54, 1.807) is 31.2 Å². The number of aromatic nitrogens is 1. The Kier molecular flexibility index (Phi) is 7.91. The number of methoxy groups -OCH3 is 3. The lowest BCUT2D eigenvalue weighted by Crippen LogP contribution is -2.29. The molecule has 0 bridgehead atoms. The lowest BCUT2D eigenvalue weighted by atomic mass is 9.87. The Morgan fingerprint density at radius 1 is 0.971 bits per heavy atom. The van der Waals surface area contributed by atoms with Gasteiger partial charge in [-0.05, 0) is 54.8 Å². The van der Waals surface area contributed by atoms with Gasteiger partial charge in [-0.3, -0.25) is 9.59 Å². The molecule has 1 aromatic heterocycles. The summed E-state index contributed by atoms with van der Waals surface area (Å²) in [5.41, 5.74) is 1.45.